The molecule has 0 saturated heterocycles. The topological polar surface area (TPSA) is 65.1 Å². The highest BCUT2D eigenvalue weighted by Crippen LogP contribution is 2.42. The summed E-state index contributed by atoms with van der Waals surface area (Å²) in [5, 5.41) is 17.8. The first kappa shape index (κ1) is 20.7. The van der Waals surface area contributed by atoms with Gasteiger partial charge in [0.05, 0.1) is 10.5 Å². The van der Waals surface area contributed by atoms with Crippen molar-refractivity contribution >= 4 is 56.3 Å². The molecule has 0 saturated carbocycles. The highest BCUT2D eigenvalue weighted by molar-refractivity contribution is 7.17. The summed E-state index contributed by atoms with van der Waals surface area (Å²) in [5.74, 6) is 0.0976. The lowest BCUT2D eigenvalue weighted by Crippen LogP contribution is -2.14. The Hall–Kier alpha value is -2.05. The van der Waals surface area contributed by atoms with Gasteiger partial charge in [0, 0.05) is 28.4 Å². The number of aromatic nitrogens is 1. The Morgan fingerprint density at radius 3 is 2.61 bits per heavy atom. The second-order valence-corrected chi connectivity index (χ2v) is 7.81. The lowest BCUT2D eigenvalue weighted by molar-refractivity contribution is 0.478. The first-order valence-corrected chi connectivity index (χ1v) is 10.0. The van der Waals surface area contributed by atoms with Crippen molar-refractivity contribution in [2.45, 2.75) is 19.4 Å². The van der Waals surface area contributed by atoms with Crippen molar-refractivity contribution in [1.29, 1.82) is 0 Å². The normalized spacial score (nSPS) is 12.2. The quantitative estimate of drug-likeness (QED) is 0.376. The highest BCUT2D eigenvalue weighted by atomic mass is 35.5. The molecule has 0 fully saturated rings. The molecule has 0 aliphatic rings. The maximum Gasteiger partial charge on any atom is 0.266 e. The third-order valence-corrected chi connectivity index (χ3v) is 6.21. The molecule has 28 heavy (non-hydrogen) atoms. The van der Waals surface area contributed by atoms with E-state index in [-0.39, 0.29) is 29.8 Å². The smallest absolute Gasteiger partial charge is 0.266 e. The van der Waals surface area contributed by atoms with Gasteiger partial charge in [-0.2, -0.15) is 0 Å². The van der Waals surface area contributed by atoms with Crippen LogP contribution in [0.2, 0.25) is 5.02 Å². The van der Waals surface area contributed by atoms with Crippen LogP contribution in [0.25, 0.3) is 32.1 Å². The number of benzene rings is 2. The molecule has 2 heterocycles. The Balaban J connectivity index is 0.00000225. The van der Waals surface area contributed by atoms with Crippen LogP contribution in [0.3, 0.4) is 0 Å². The number of hydrogen-bond donors (Lipinski definition) is 3. The van der Waals surface area contributed by atoms with Crippen molar-refractivity contribution in [3.05, 3.63) is 62.7 Å². The first-order valence-electron chi connectivity index (χ1n) is 8.77. The van der Waals surface area contributed by atoms with E-state index >= 15 is 0 Å². The molecule has 0 amide bonds. The minimum absolute atomic E-state index is 0. The van der Waals surface area contributed by atoms with Crippen LogP contribution < -0.4 is 10.9 Å². The Morgan fingerprint density at radius 2 is 1.96 bits per heavy atom. The van der Waals surface area contributed by atoms with E-state index in [0.717, 1.165) is 22.8 Å². The van der Waals surface area contributed by atoms with Crippen molar-refractivity contribution in [2.75, 3.05) is 7.05 Å². The van der Waals surface area contributed by atoms with Gasteiger partial charge in [-0.1, -0.05) is 42.8 Å². The number of pyridine rings is 1. The van der Waals surface area contributed by atoms with Crippen LogP contribution >= 0.6 is 35.3 Å². The van der Waals surface area contributed by atoms with Crippen LogP contribution in [0.5, 0.6) is 5.75 Å². The zero-order chi connectivity index (χ0) is 19.1. The SMILES string of the molecule is CC[C@H](NC)c1ccc(-c2c(O)cc(Cl)c3[nH]c(=O)c4sccc4c23)cc1.Cl. The molecule has 0 spiro atoms. The summed E-state index contributed by atoms with van der Waals surface area (Å²) in [7, 11) is 1.95. The third-order valence-electron chi connectivity index (χ3n) is 5.00. The highest BCUT2D eigenvalue weighted by Gasteiger charge is 2.18. The number of hydrogen-bond acceptors (Lipinski definition) is 4. The largest absolute Gasteiger partial charge is 0.507 e. The number of nitrogens with one attached hydrogen (secondary N) is 2. The monoisotopic (exact) mass is 434 g/mol. The average Bonchev–Trinajstić information content (AvgIpc) is 3.15. The van der Waals surface area contributed by atoms with E-state index in [2.05, 4.69) is 29.4 Å². The predicted octanol–water partition coefficient (Wildman–Crippen LogP) is 5.86. The molecule has 0 radical (unpaired) electrons. The molecule has 0 bridgehead atoms. The molecule has 2 aromatic carbocycles. The molecule has 4 nitrogen and oxygen atoms in total. The van der Waals surface area contributed by atoms with Gasteiger partial charge in [-0.15, -0.1) is 23.7 Å². The molecule has 7 heteroatoms. The van der Waals surface area contributed by atoms with E-state index in [0.29, 0.717) is 20.8 Å². The predicted molar refractivity (Wildman–Crippen MR) is 121 cm³/mol. The fraction of sp³-hybridized carbons (Fsp3) is 0.190. The van der Waals surface area contributed by atoms with Gasteiger partial charge in [-0.05, 0) is 36.0 Å². The van der Waals surface area contributed by atoms with Crippen LogP contribution in [0, 0.1) is 0 Å². The van der Waals surface area contributed by atoms with E-state index in [1.165, 1.54) is 23.0 Å². The van der Waals surface area contributed by atoms with E-state index < -0.39 is 0 Å². The van der Waals surface area contributed by atoms with Crippen LogP contribution in [0.4, 0.5) is 0 Å². The summed E-state index contributed by atoms with van der Waals surface area (Å²) >= 11 is 7.71. The molecule has 0 aliphatic carbocycles. The summed E-state index contributed by atoms with van der Waals surface area (Å²) in [5.41, 5.74) is 3.13. The third kappa shape index (κ3) is 3.29. The van der Waals surface area contributed by atoms with E-state index in [9.17, 15) is 9.90 Å². The summed E-state index contributed by atoms with van der Waals surface area (Å²) in [6, 6.07) is 11.8. The maximum absolute atomic E-state index is 12.4. The van der Waals surface area contributed by atoms with Gasteiger partial charge in [0.1, 0.15) is 10.4 Å². The van der Waals surface area contributed by atoms with Crippen LogP contribution in [-0.2, 0) is 0 Å². The van der Waals surface area contributed by atoms with Crippen molar-refractivity contribution in [2.24, 2.45) is 0 Å². The van der Waals surface area contributed by atoms with Crippen molar-refractivity contribution in [1.82, 2.24) is 10.3 Å². The van der Waals surface area contributed by atoms with Gasteiger partial charge < -0.3 is 15.4 Å². The Kier molecular flexibility index (Phi) is 6.01. The summed E-state index contributed by atoms with van der Waals surface area (Å²) in [6.45, 7) is 2.14. The van der Waals surface area contributed by atoms with Crippen LogP contribution in [0.15, 0.2) is 46.6 Å². The Labute approximate surface area is 177 Å². The van der Waals surface area contributed by atoms with Gasteiger partial charge in [0.2, 0.25) is 0 Å². The van der Waals surface area contributed by atoms with Gasteiger partial charge in [-0.25, -0.2) is 0 Å². The number of H-pyrrole nitrogens is 1. The molecule has 146 valence electrons. The van der Waals surface area contributed by atoms with E-state index in [4.69, 9.17) is 11.6 Å². The summed E-state index contributed by atoms with van der Waals surface area (Å²) in [4.78, 5) is 15.2. The molecule has 0 unspecified atom stereocenters. The Bertz CT molecular complexity index is 1200. The minimum atomic E-state index is -0.166. The lowest BCUT2D eigenvalue weighted by Gasteiger charge is -2.16. The molecule has 4 rings (SSSR count). The number of rotatable bonds is 4. The molecule has 2 aromatic heterocycles. The van der Waals surface area contributed by atoms with Gasteiger partial charge in [-0.3, -0.25) is 4.79 Å². The average molecular weight is 435 g/mol. The second-order valence-electron chi connectivity index (χ2n) is 6.49. The molecular weight excluding hydrogens is 415 g/mol. The molecule has 3 N–H and O–H groups in total. The molecule has 4 aromatic rings. The van der Waals surface area contributed by atoms with E-state index in [1.54, 1.807) is 0 Å². The van der Waals surface area contributed by atoms with Crippen molar-refractivity contribution in [3.8, 4) is 16.9 Å². The van der Waals surface area contributed by atoms with Gasteiger partial charge in [0.25, 0.3) is 5.56 Å². The number of fused-ring (bicyclic) bond motifs is 3. The van der Waals surface area contributed by atoms with E-state index in [1.807, 2.05) is 30.6 Å². The zero-order valence-corrected chi connectivity index (χ0v) is 17.8. The number of aromatic amines is 1. The number of halogens is 2. The van der Waals surface area contributed by atoms with Crippen LogP contribution in [-0.4, -0.2) is 17.1 Å². The standard InChI is InChI=1S/C21H19ClN2O2S.ClH/c1-3-15(23-2)11-4-6-12(7-5-11)17-16(25)10-14(22)19-18(17)13-8-9-27-20(13)21(26)24-19;/h4-10,15,23,25H,3H2,1-2H3,(H,24,26);1H/t15-;/m0./s1. The fourth-order valence-corrected chi connectivity index (χ4v) is 4.70. The molecule has 0 aliphatic heterocycles. The van der Waals surface area contributed by atoms with Gasteiger partial charge in [0.15, 0.2) is 0 Å². The second kappa shape index (κ2) is 8.13. The molecule has 1 atom stereocenters. The van der Waals surface area contributed by atoms with Crippen LogP contribution in [0.1, 0.15) is 24.9 Å². The number of thiophene rings is 1. The number of phenols is 1. The lowest BCUT2D eigenvalue weighted by atomic mass is 9.95. The fourth-order valence-electron chi connectivity index (χ4n) is 3.66. The minimum Gasteiger partial charge on any atom is -0.507 e. The zero-order valence-electron chi connectivity index (χ0n) is 15.4. The maximum atomic E-state index is 12.4. The summed E-state index contributed by atoms with van der Waals surface area (Å²) in [6.07, 6.45) is 0.988. The summed E-state index contributed by atoms with van der Waals surface area (Å²) < 4.78 is 0.628. The first-order chi connectivity index (χ1) is 13.0. The Morgan fingerprint density at radius 1 is 1.25 bits per heavy atom. The molecular formula is C21H20Cl2N2O2S. The number of aromatic hydroxyl groups is 1. The van der Waals surface area contributed by atoms with Crippen molar-refractivity contribution in [3.63, 3.8) is 0 Å². The van der Waals surface area contributed by atoms with Crippen molar-refractivity contribution < 1.29 is 5.11 Å². The number of phenolic OH excluding ortho intramolecular Hbond substituents is 1. The van der Waals surface area contributed by atoms with Gasteiger partial charge >= 0.3 is 0 Å².